The Morgan fingerprint density at radius 3 is 2.77 bits per heavy atom. The van der Waals surface area contributed by atoms with Crippen LogP contribution >= 0.6 is 0 Å². The number of amides is 2. The van der Waals surface area contributed by atoms with Crippen molar-refractivity contribution in [3.63, 3.8) is 0 Å². The van der Waals surface area contributed by atoms with E-state index in [2.05, 4.69) is 10.6 Å². The highest BCUT2D eigenvalue weighted by atomic mass is 16.2. The summed E-state index contributed by atoms with van der Waals surface area (Å²) in [5.41, 5.74) is 1.07. The summed E-state index contributed by atoms with van der Waals surface area (Å²) in [5.74, 6) is -0.249. The number of likely N-dealkylation sites (N-methyl/N-ethyl adjacent to an activating group) is 1. The molecule has 0 radical (unpaired) electrons. The molecular formula is C16H23N4O2+. The molecule has 0 heterocycles. The molecule has 0 aliphatic heterocycles. The fourth-order valence-electron chi connectivity index (χ4n) is 1.87. The van der Waals surface area contributed by atoms with Crippen LogP contribution in [-0.4, -0.2) is 38.0 Å². The minimum atomic E-state index is -0.377. The van der Waals surface area contributed by atoms with Crippen molar-refractivity contribution in [2.75, 3.05) is 25.5 Å². The molecule has 6 nitrogen and oxygen atoms in total. The maximum atomic E-state index is 12.2. The third-order valence-electron chi connectivity index (χ3n) is 3.40. The first-order chi connectivity index (χ1) is 10.5. The van der Waals surface area contributed by atoms with Crippen LogP contribution in [0.5, 0.6) is 0 Å². The molecule has 22 heavy (non-hydrogen) atoms. The number of nitrogens with zero attached hydrogens (tertiary/aromatic N) is 1. The average molecular weight is 303 g/mol. The summed E-state index contributed by atoms with van der Waals surface area (Å²) in [6.45, 7) is 4.65. The lowest BCUT2D eigenvalue weighted by molar-refractivity contribution is -0.885. The summed E-state index contributed by atoms with van der Waals surface area (Å²) < 4.78 is 0. The van der Waals surface area contributed by atoms with Crippen molar-refractivity contribution in [1.29, 1.82) is 5.26 Å². The van der Waals surface area contributed by atoms with Crippen molar-refractivity contribution in [1.82, 2.24) is 5.32 Å². The van der Waals surface area contributed by atoms with Gasteiger partial charge >= 0.3 is 0 Å². The van der Waals surface area contributed by atoms with Gasteiger partial charge in [0.05, 0.1) is 18.7 Å². The van der Waals surface area contributed by atoms with Crippen molar-refractivity contribution in [2.45, 2.75) is 26.3 Å². The van der Waals surface area contributed by atoms with Gasteiger partial charge in [0.15, 0.2) is 12.6 Å². The molecular weight excluding hydrogens is 280 g/mol. The monoisotopic (exact) mass is 303 g/mol. The van der Waals surface area contributed by atoms with E-state index >= 15 is 0 Å². The topological polar surface area (TPSA) is 86.4 Å². The zero-order valence-electron chi connectivity index (χ0n) is 13.3. The van der Waals surface area contributed by atoms with Gasteiger partial charge in [-0.05, 0) is 31.5 Å². The third kappa shape index (κ3) is 5.54. The van der Waals surface area contributed by atoms with Gasteiger partial charge in [0, 0.05) is 12.2 Å². The number of nitriles is 1. The van der Waals surface area contributed by atoms with Gasteiger partial charge in [-0.2, -0.15) is 5.26 Å². The second-order valence-corrected chi connectivity index (χ2v) is 5.28. The Labute approximate surface area is 131 Å². The van der Waals surface area contributed by atoms with Gasteiger partial charge < -0.3 is 15.5 Å². The Morgan fingerprint density at radius 2 is 2.14 bits per heavy atom. The number of benzene rings is 1. The minimum absolute atomic E-state index is 0.0644. The normalized spacial score (nSPS) is 12.8. The fraction of sp³-hybridized carbons (Fsp3) is 0.438. The summed E-state index contributed by atoms with van der Waals surface area (Å²) >= 11 is 0. The first-order valence-electron chi connectivity index (χ1n) is 7.38. The van der Waals surface area contributed by atoms with E-state index in [4.69, 9.17) is 5.26 Å². The number of nitrogens with one attached hydrogen (secondary N) is 3. The summed E-state index contributed by atoms with van der Waals surface area (Å²) in [7, 11) is 1.81. The molecule has 0 aromatic heterocycles. The molecule has 1 aromatic carbocycles. The van der Waals surface area contributed by atoms with E-state index in [1.807, 2.05) is 20.0 Å². The molecule has 118 valence electrons. The molecule has 0 aliphatic carbocycles. The van der Waals surface area contributed by atoms with E-state index in [9.17, 15) is 9.59 Å². The van der Waals surface area contributed by atoms with Crippen LogP contribution < -0.4 is 15.5 Å². The summed E-state index contributed by atoms with van der Waals surface area (Å²) in [5, 5.41) is 14.4. The van der Waals surface area contributed by atoms with Crippen molar-refractivity contribution >= 4 is 17.5 Å². The Bertz CT molecular complexity index is 566. The third-order valence-corrected chi connectivity index (χ3v) is 3.40. The molecule has 2 atom stereocenters. The SMILES string of the molecule is CCCNC(=O)C[NH+](C)[C@H](C)C(=O)Nc1cccc(C#N)c1. The van der Waals surface area contributed by atoms with E-state index in [1.165, 1.54) is 0 Å². The van der Waals surface area contributed by atoms with Crippen LogP contribution in [0.25, 0.3) is 0 Å². The molecule has 6 heteroatoms. The Balaban J connectivity index is 2.56. The largest absolute Gasteiger partial charge is 0.351 e. The van der Waals surface area contributed by atoms with Crippen molar-refractivity contribution in [2.24, 2.45) is 0 Å². The predicted octanol–water partition coefficient (Wildman–Crippen LogP) is -0.0738. The van der Waals surface area contributed by atoms with Crippen LogP contribution in [0, 0.1) is 11.3 Å². The molecule has 0 aliphatic rings. The molecule has 3 N–H and O–H groups in total. The van der Waals surface area contributed by atoms with Gasteiger partial charge in [-0.15, -0.1) is 0 Å². The zero-order chi connectivity index (χ0) is 16.5. The minimum Gasteiger partial charge on any atom is -0.351 e. The van der Waals surface area contributed by atoms with E-state index in [-0.39, 0.29) is 24.4 Å². The lowest BCUT2D eigenvalue weighted by Crippen LogP contribution is -3.15. The average Bonchev–Trinajstić information content (AvgIpc) is 2.52. The molecule has 2 amide bonds. The van der Waals surface area contributed by atoms with Crippen LogP contribution in [0.1, 0.15) is 25.8 Å². The Hall–Kier alpha value is -2.39. The number of carbonyl (C=O) groups excluding carboxylic acids is 2. The fourth-order valence-corrected chi connectivity index (χ4v) is 1.87. The van der Waals surface area contributed by atoms with Gasteiger partial charge in [-0.25, -0.2) is 0 Å². The van der Waals surface area contributed by atoms with Crippen LogP contribution in [0.15, 0.2) is 24.3 Å². The maximum absolute atomic E-state index is 12.2. The summed E-state index contributed by atoms with van der Waals surface area (Å²) in [4.78, 5) is 24.7. The zero-order valence-corrected chi connectivity index (χ0v) is 13.3. The van der Waals surface area contributed by atoms with Crippen molar-refractivity contribution < 1.29 is 14.5 Å². The van der Waals surface area contributed by atoms with Crippen molar-refractivity contribution in [3.8, 4) is 6.07 Å². The van der Waals surface area contributed by atoms with Crippen LogP contribution in [0.2, 0.25) is 0 Å². The molecule has 0 saturated carbocycles. The summed E-state index contributed by atoms with van der Waals surface area (Å²) in [6, 6.07) is 8.39. The van der Waals surface area contributed by atoms with Gasteiger partial charge in [0.2, 0.25) is 0 Å². The highest BCUT2D eigenvalue weighted by Gasteiger charge is 2.23. The molecule has 1 rings (SSSR count). The number of hydrogen-bond donors (Lipinski definition) is 3. The van der Waals surface area contributed by atoms with Gasteiger partial charge in [-0.1, -0.05) is 13.0 Å². The lowest BCUT2D eigenvalue weighted by Gasteiger charge is -2.20. The molecule has 0 spiro atoms. The Kier molecular flexibility index (Phi) is 7.06. The molecule has 0 bridgehead atoms. The van der Waals surface area contributed by atoms with Gasteiger partial charge in [0.1, 0.15) is 0 Å². The number of quaternary nitrogens is 1. The van der Waals surface area contributed by atoms with Crippen LogP contribution in [0.3, 0.4) is 0 Å². The number of rotatable bonds is 7. The van der Waals surface area contributed by atoms with Crippen molar-refractivity contribution in [3.05, 3.63) is 29.8 Å². The second-order valence-electron chi connectivity index (χ2n) is 5.28. The first-order valence-corrected chi connectivity index (χ1v) is 7.38. The van der Waals surface area contributed by atoms with Gasteiger partial charge in [0.25, 0.3) is 11.8 Å². The van der Waals surface area contributed by atoms with E-state index in [0.29, 0.717) is 17.8 Å². The smallest absolute Gasteiger partial charge is 0.282 e. The number of anilines is 1. The van der Waals surface area contributed by atoms with Gasteiger partial charge in [-0.3, -0.25) is 9.59 Å². The molecule has 1 aromatic rings. The predicted molar refractivity (Wildman–Crippen MR) is 84.3 cm³/mol. The lowest BCUT2D eigenvalue weighted by atomic mass is 10.2. The quantitative estimate of drug-likeness (QED) is 0.659. The number of hydrogen-bond acceptors (Lipinski definition) is 3. The van der Waals surface area contributed by atoms with Crippen LogP contribution in [-0.2, 0) is 9.59 Å². The highest BCUT2D eigenvalue weighted by molar-refractivity contribution is 5.93. The first kappa shape index (κ1) is 17.7. The number of carbonyl (C=O) groups is 2. The molecule has 0 saturated heterocycles. The Morgan fingerprint density at radius 1 is 1.41 bits per heavy atom. The van der Waals surface area contributed by atoms with E-state index in [0.717, 1.165) is 11.3 Å². The van der Waals surface area contributed by atoms with Crippen LogP contribution in [0.4, 0.5) is 5.69 Å². The summed E-state index contributed by atoms with van der Waals surface area (Å²) in [6.07, 6.45) is 0.885. The van der Waals surface area contributed by atoms with E-state index < -0.39 is 0 Å². The molecule has 1 unspecified atom stereocenters. The standard InChI is InChI=1S/C16H22N4O2/c1-4-8-18-15(21)11-20(3)12(2)16(22)19-14-7-5-6-13(9-14)10-17/h5-7,9,12H,4,8,11H2,1-3H3,(H,18,21)(H,19,22)/p+1/t12-/m1/s1. The maximum Gasteiger partial charge on any atom is 0.282 e. The molecule has 0 fully saturated rings. The second kappa shape index (κ2) is 8.80. The highest BCUT2D eigenvalue weighted by Crippen LogP contribution is 2.09. The van der Waals surface area contributed by atoms with E-state index in [1.54, 1.807) is 31.2 Å².